The number of methoxy groups -OCH3 is 1. The molecule has 4 heteroatoms. The fraction of sp³-hybridized carbons (Fsp3) is 0.250. The predicted molar refractivity (Wildman–Crippen MR) is 51.7 cm³/mol. The van der Waals surface area contributed by atoms with Gasteiger partial charge in [-0.25, -0.2) is 0 Å². The van der Waals surface area contributed by atoms with Gasteiger partial charge in [-0.3, -0.25) is 0 Å². The van der Waals surface area contributed by atoms with E-state index in [1.165, 1.54) is 7.11 Å². The Bertz CT molecular complexity index is 240. The lowest BCUT2D eigenvalue weighted by Crippen LogP contribution is -1.83. The van der Waals surface area contributed by atoms with Crippen LogP contribution >= 0.6 is 12.4 Å². The molecule has 0 bridgehead atoms. The number of hydrogen-bond acceptors (Lipinski definition) is 3. The van der Waals surface area contributed by atoms with Crippen molar-refractivity contribution in [2.45, 2.75) is 6.92 Å². The van der Waals surface area contributed by atoms with Crippen LogP contribution in [0.15, 0.2) is 18.2 Å². The van der Waals surface area contributed by atoms with Crippen LogP contribution in [0.2, 0.25) is 0 Å². The van der Waals surface area contributed by atoms with Gasteiger partial charge in [0.1, 0.15) is 0 Å². The van der Waals surface area contributed by atoms with Gasteiger partial charge in [0.25, 0.3) is 0 Å². The van der Waals surface area contributed by atoms with E-state index in [0.29, 0.717) is 5.75 Å². The van der Waals surface area contributed by atoms with E-state index in [1.54, 1.807) is 12.1 Å². The molecule has 0 aliphatic rings. The normalized spacial score (nSPS) is 7.83. The monoisotopic (exact) mass is 191 g/mol. The number of aromatic hydroxyl groups is 1. The summed E-state index contributed by atoms with van der Waals surface area (Å²) in [4.78, 5) is 0. The Balaban J connectivity index is 0. The molecule has 0 aliphatic carbocycles. The minimum atomic E-state index is 0. The first-order valence-electron chi connectivity index (χ1n) is 3.07. The van der Waals surface area contributed by atoms with Crippen LogP contribution in [0.25, 0.3) is 0 Å². The van der Waals surface area contributed by atoms with E-state index >= 15 is 0 Å². The van der Waals surface area contributed by atoms with Gasteiger partial charge in [-0.2, -0.15) is 0 Å². The van der Waals surface area contributed by atoms with Crippen LogP contribution in [0.4, 0.5) is 0 Å². The Morgan fingerprint density at radius 2 is 1.92 bits per heavy atom. The van der Waals surface area contributed by atoms with E-state index in [1.807, 2.05) is 13.0 Å². The molecule has 1 aromatic rings. The van der Waals surface area contributed by atoms with Gasteiger partial charge in [-0.15, -0.1) is 12.4 Å². The summed E-state index contributed by atoms with van der Waals surface area (Å²) < 4.78 is 4.88. The molecule has 1 aromatic carbocycles. The fourth-order valence-electron chi connectivity index (χ4n) is 0.785. The van der Waals surface area contributed by atoms with Gasteiger partial charge in [-0.05, 0) is 24.6 Å². The van der Waals surface area contributed by atoms with Gasteiger partial charge >= 0.3 is 0 Å². The van der Waals surface area contributed by atoms with Crippen LogP contribution in [0.5, 0.6) is 11.5 Å². The third kappa shape index (κ3) is 2.98. The average Bonchev–Trinajstić information content (AvgIpc) is 1.94. The largest absolute Gasteiger partial charge is 0.504 e. The molecule has 0 saturated heterocycles. The van der Waals surface area contributed by atoms with E-state index in [2.05, 4.69) is 0 Å². The van der Waals surface area contributed by atoms with Gasteiger partial charge in [0.2, 0.25) is 0 Å². The molecule has 0 heterocycles. The molecule has 3 nitrogen and oxygen atoms in total. The van der Waals surface area contributed by atoms with Gasteiger partial charge in [0, 0.05) is 0 Å². The highest BCUT2D eigenvalue weighted by Crippen LogP contribution is 2.25. The van der Waals surface area contributed by atoms with Crippen molar-refractivity contribution in [3.63, 3.8) is 0 Å². The van der Waals surface area contributed by atoms with Crippen molar-refractivity contribution in [3.05, 3.63) is 23.8 Å². The van der Waals surface area contributed by atoms with Crippen molar-refractivity contribution >= 4 is 12.4 Å². The molecule has 0 saturated carbocycles. The summed E-state index contributed by atoms with van der Waals surface area (Å²) in [6.07, 6.45) is 0. The number of benzene rings is 1. The summed E-state index contributed by atoms with van der Waals surface area (Å²) in [6, 6.07) is 5.24. The minimum absolute atomic E-state index is 0. The molecule has 0 amide bonds. The lowest BCUT2D eigenvalue weighted by molar-refractivity contribution is 0.373. The van der Waals surface area contributed by atoms with Crippen molar-refractivity contribution < 1.29 is 9.84 Å². The molecule has 0 unspecified atom stereocenters. The van der Waals surface area contributed by atoms with Crippen LogP contribution in [0, 0.1) is 6.92 Å². The van der Waals surface area contributed by atoms with E-state index in [0.717, 1.165) is 5.56 Å². The van der Waals surface area contributed by atoms with Crippen molar-refractivity contribution in [2.75, 3.05) is 7.11 Å². The van der Waals surface area contributed by atoms with Crippen molar-refractivity contribution in [1.29, 1.82) is 0 Å². The van der Waals surface area contributed by atoms with Crippen molar-refractivity contribution in [3.8, 4) is 11.5 Å². The molecule has 0 aromatic heterocycles. The second kappa shape index (κ2) is 5.69. The smallest absolute Gasteiger partial charge is 0.160 e. The number of halogens is 1. The van der Waals surface area contributed by atoms with Crippen LogP contribution in [0.3, 0.4) is 0 Å². The number of aryl methyl sites for hydroxylation is 1. The third-order valence-corrected chi connectivity index (χ3v) is 1.34. The molecule has 0 fully saturated rings. The zero-order valence-electron chi connectivity index (χ0n) is 7.20. The molecule has 0 radical (unpaired) electrons. The van der Waals surface area contributed by atoms with Crippen LogP contribution in [-0.4, -0.2) is 12.2 Å². The van der Waals surface area contributed by atoms with Crippen molar-refractivity contribution in [2.24, 2.45) is 0 Å². The summed E-state index contributed by atoms with van der Waals surface area (Å²) >= 11 is 0. The summed E-state index contributed by atoms with van der Waals surface area (Å²) in [5.41, 5.74) is 1.08. The summed E-state index contributed by atoms with van der Waals surface area (Å²) in [7, 11) is 1.54. The number of ether oxygens (including phenoxy) is 1. The van der Waals surface area contributed by atoms with Crippen LogP contribution < -0.4 is 10.9 Å². The maximum Gasteiger partial charge on any atom is 0.160 e. The number of rotatable bonds is 1. The Morgan fingerprint density at radius 1 is 1.33 bits per heavy atom. The predicted octanol–water partition coefficient (Wildman–Crippen LogP) is 2.29. The number of phenolic OH excluding ortho intramolecular Hbond substituents is 1. The molecule has 0 spiro atoms. The van der Waals surface area contributed by atoms with Gasteiger partial charge in [-0.1, -0.05) is 6.07 Å². The molecular weight excluding hydrogens is 178 g/mol. The second-order valence-electron chi connectivity index (χ2n) is 2.18. The highest BCUT2D eigenvalue weighted by Gasteiger charge is 1.97. The molecule has 0 atom stereocenters. The van der Waals surface area contributed by atoms with Crippen LogP contribution in [0.1, 0.15) is 5.56 Å². The fourth-order valence-corrected chi connectivity index (χ4v) is 0.785. The first-order chi connectivity index (χ1) is 4.74. The molecular formula is C8H14ClNO2. The quantitative estimate of drug-likeness (QED) is 0.716. The first kappa shape index (κ1) is 13.6. The third-order valence-electron chi connectivity index (χ3n) is 1.34. The Hall–Kier alpha value is -0.930. The highest BCUT2D eigenvalue weighted by molar-refractivity contribution is 5.85. The average molecular weight is 192 g/mol. The molecule has 1 rings (SSSR count). The lowest BCUT2D eigenvalue weighted by Gasteiger charge is -2.02. The number of hydrogen-bond donors (Lipinski definition) is 2. The maximum absolute atomic E-state index is 9.11. The first-order valence-corrected chi connectivity index (χ1v) is 3.07. The molecule has 70 valence electrons. The standard InChI is InChI=1S/C8H10O2.ClH.H3N/c1-6-3-4-7(9)8(5-6)10-2;;/h3-5,9H,1-2H3;1H;1H3. The van der Waals surface area contributed by atoms with E-state index < -0.39 is 0 Å². The summed E-state index contributed by atoms with van der Waals surface area (Å²) in [6.45, 7) is 1.95. The van der Waals surface area contributed by atoms with Crippen LogP contribution in [-0.2, 0) is 0 Å². The van der Waals surface area contributed by atoms with Gasteiger partial charge < -0.3 is 16.0 Å². The lowest BCUT2D eigenvalue weighted by atomic mass is 10.2. The van der Waals surface area contributed by atoms with Crippen molar-refractivity contribution in [1.82, 2.24) is 6.15 Å². The maximum atomic E-state index is 9.11. The SMILES string of the molecule is COc1cc(C)ccc1O.Cl.N. The van der Waals surface area contributed by atoms with Gasteiger partial charge in [0.15, 0.2) is 11.5 Å². The topological polar surface area (TPSA) is 64.5 Å². The van der Waals surface area contributed by atoms with Gasteiger partial charge in [0.05, 0.1) is 7.11 Å². The molecule has 0 aliphatic heterocycles. The minimum Gasteiger partial charge on any atom is -0.504 e. The highest BCUT2D eigenvalue weighted by atomic mass is 35.5. The Labute approximate surface area is 78.4 Å². The van der Waals surface area contributed by atoms with E-state index in [-0.39, 0.29) is 24.3 Å². The Kier molecular flexibility index (Phi) is 6.47. The zero-order valence-corrected chi connectivity index (χ0v) is 8.02. The second-order valence-corrected chi connectivity index (χ2v) is 2.18. The van der Waals surface area contributed by atoms with E-state index in [9.17, 15) is 0 Å². The molecule has 4 N–H and O–H groups in total. The molecule has 12 heavy (non-hydrogen) atoms. The number of phenols is 1. The Morgan fingerprint density at radius 3 is 2.33 bits per heavy atom. The summed E-state index contributed by atoms with van der Waals surface area (Å²) in [5, 5.41) is 9.11. The van der Waals surface area contributed by atoms with E-state index in [4.69, 9.17) is 9.84 Å². The summed E-state index contributed by atoms with van der Waals surface area (Å²) in [5.74, 6) is 0.716. The zero-order chi connectivity index (χ0) is 7.56.